The Hall–Kier alpha value is -1.46. The van der Waals surface area contributed by atoms with E-state index >= 15 is 0 Å². The second-order valence-corrected chi connectivity index (χ2v) is 5.20. The van der Waals surface area contributed by atoms with E-state index in [9.17, 15) is 0 Å². The molecule has 1 aromatic heterocycles. The molecule has 5 heteroatoms. The van der Waals surface area contributed by atoms with Gasteiger partial charge < -0.3 is 5.73 Å². The van der Waals surface area contributed by atoms with Crippen molar-refractivity contribution in [2.24, 2.45) is 12.8 Å². The van der Waals surface area contributed by atoms with Crippen LogP contribution in [0.4, 0.5) is 0 Å². The maximum atomic E-state index is 5.57. The van der Waals surface area contributed by atoms with Crippen molar-refractivity contribution in [3.8, 4) is 0 Å². The minimum absolute atomic E-state index is 0.573. The number of para-hydroxylation sites is 1. The second kappa shape index (κ2) is 6.12. The molecule has 0 bridgehead atoms. The summed E-state index contributed by atoms with van der Waals surface area (Å²) in [6.45, 7) is 4.83. The molecule has 0 fully saturated rings. The van der Waals surface area contributed by atoms with Crippen LogP contribution in [0.2, 0.25) is 0 Å². The summed E-state index contributed by atoms with van der Waals surface area (Å²) in [5.41, 5.74) is 7.85. The van der Waals surface area contributed by atoms with Gasteiger partial charge in [0, 0.05) is 31.9 Å². The predicted octanol–water partition coefficient (Wildman–Crippen LogP) is 2.07. The van der Waals surface area contributed by atoms with E-state index in [0.717, 1.165) is 31.7 Å². The largest absolute Gasteiger partial charge is 0.393 e. The minimum Gasteiger partial charge on any atom is -0.393 e. The Morgan fingerprint density at radius 2 is 2.16 bits per heavy atom. The topological polar surface area (TPSA) is 47.1 Å². The van der Waals surface area contributed by atoms with E-state index in [2.05, 4.69) is 35.1 Å². The zero-order valence-electron chi connectivity index (χ0n) is 11.5. The lowest BCUT2D eigenvalue weighted by Crippen LogP contribution is -2.27. The third-order valence-corrected chi connectivity index (χ3v) is 3.53. The van der Waals surface area contributed by atoms with Crippen LogP contribution < -0.4 is 5.73 Å². The lowest BCUT2D eigenvalue weighted by atomic mass is 10.2. The average molecular weight is 276 g/mol. The van der Waals surface area contributed by atoms with Crippen LogP contribution in [0.5, 0.6) is 0 Å². The lowest BCUT2D eigenvalue weighted by Gasteiger charge is -2.18. The quantitative estimate of drug-likeness (QED) is 0.821. The normalized spacial score (nSPS) is 11.3. The van der Waals surface area contributed by atoms with Gasteiger partial charge in [-0.2, -0.15) is 5.10 Å². The summed E-state index contributed by atoms with van der Waals surface area (Å²) in [5, 5.41) is 5.84. The third-order valence-electron chi connectivity index (χ3n) is 3.33. The number of fused-ring (bicyclic) bond motifs is 1. The summed E-state index contributed by atoms with van der Waals surface area (Å²) in [5.74, 6) is 0. The molecule has 102 valence electrons. The van der Waals surface area contributed by atoms with Crippen molar-refractivity contribution in [1.29, 1.82) is 0 Å². The van der Waals surface area contributed by atoms with E-state index in [4.69, 9.17) is 18.0 Å². The van der Waals surface area contributed by atoms with E-state index in [-0.39, 0.29) is 0 Å². The van der Waals surface area contributed by atoms with Crippen LogP contribution in [-0.2, 0) is 13.6 Å². The van der Waals surface area contributed by atoms with Crippen LogP contribution in [0.25, 0.3) is 10.9 Å². The summed E-state index contributed by atoms with van der Waals surface area (Å²) < 4.78 is 1.94. The fourth-order valence-corrected chi connectivity index (χ4v) is 2.33. The number of nitrogens with zero attached hydrogens (tertiary/aromatic N) is 3. The molecule has 0 saturated heterocycles. The van der Waals surface area contributed by atoms with E-state index < -0.39 is 0 Å². The molecule has 2 rings (SSSR count). The third kappa shape index (κ3) is 3.30. The molecule has 0 amide bonds. The van der Waals surface area contributed by atoms with Gasteiger partial charge in [-0.15, -0.1) is 0 Å². The molecule has 0 spiro atoms. The van der Waals surface area contributed by atoms with Gasteiger partial charge in [0.25, 0.3) is 0 Å². The first-order valence-corrected chi connectivity index (χ1v) is 6.94. The van der Waals surface area contributed by atoms with Crippen molar-refractivity contribution in [1.82, 2.24) is 14.7 Å². The minimum atomic E-state index is 0.573. The summed E-state index contributed by atoms with van der Waals surface area (Å²) >= 11 is 4.94. The average Bonchev–Trinajstić information content (AvgIpc) is 2.72. The molecule has 19 heavy (non-hydrogen) atoms. The molecule has 1 heterocycles. The van der Waals surface area contributed by atoms with Crippen molar-refractivity contribution in [2.45, 2.75) is 19.9 Å². The highest BCUT2D eigenvalue weighted by Gasteiger charge is 2.11. The molecule has 0 atom stereocenters. The fourth-order valence-electron chi connectivity index (χ4n) is 2.23. The Labute approximate surface area is 119 Å². The van der Waals surface area contributed by atoms with Crippen LogP contribution in [0.3, 0.4) is 0 Å². The van der Waals surface area contributed by atoms with E-state index in [1.807, 2.05) is 17.8 Å². The fraction of sp³-hybridized carbons (Fsp3) is 0.429. The van der Waals surface area contributed by atoms with Gasteiger partial charge >= 0.3 is 0 Å². The molecular formula is C14H20N4S. The van der Waals surface area contributed by atoms with Crippen LogP contribution in [0.15, 0.2) is 24.3 Å². The second-order valence-electron chi connectivity index (χ2n) is 4.67. The zero-order chi connectivity index (χ0) is 13.8. The van der Waals surface area contributed by atoms with Crippen molar-refractivity contribution in [3.05, 3.63) is 30.0 Å². The summed E-state index contributed by atoms with van der Waals surface area (Å²) in [6, 6.07) is 8.31. The summed E-state index contributed by atoms with van der Waals surface area (Å²) in [4.78, 5) is 2.89. The van der Waals surface area contributed by atoms with Gasteiger partial charge in [-0.05, 0) is 12.6 Å². The highest BCUT2D eigenvalue weighted by atomic mass is 32.1. The van der Waals surface area contributed by atoms with Crippen molar-refractivity contribution in [2.75, 3.05) is 13.1 Å². The van der Waals surface area contributed by atoms with Crippen LogP contribution in [0.1, 0.15) is 19.0 Å². The molecule has 0 saturated carbocycles. The van der Waals surface area contributed by atoms with Gasteiger partial charge in [0.15, 0.2) is 0 Å². The number of aromatic nitrogens is 2. The first kappa shape index (κ1) is 14.0. The molecule has 0 aliphatic carbocycles. The van der Waals surface area contributed by atoms with Crippen molar-refractivity contribution >= 4 is 28.1 Å². The Balaban J connectivity index is 2.17. The summed E-state index contributed by atoms with van der Waals surface area (Å²) in [7, 11) is 1.98. The van der Waals surface area contributed by atoms with Crippen molar-refractivity contribution < 1.29 is 0 Å². The number of nitrogens with two attached hydrogens (primary N) is 1. The standard InChI is InChI=1S/C14H20N4S/c1-3-18(9-8-14(15)19)10-12-11-6-4-5-7-13(11)17(2)16-12/h4-7H,3,8-10H2,1-2H3,(H2,15,19). The van der Waals surface area contributed by atoms with Gasteiger partial charge in [0.1, 0.15) is 0 Å². The Kier molecular flexibility index (Phi) is 4.50. The maximum absolute atomic E-state index is 5.57. The Morgan fingerprint density at radius 1 is 1.42 bits per heavy atom. The smallest absolute Gasteiger partial charge is 0.0843 e. The molecule has 2 aromatic rings. The number of rotatable bonds is 6. The number of benzene rings is 1. The van der Waals surface area contributed by atoms with Gasteiger partial charge in [0.2, 0.25) is 0 Å². The molecular weight excluding hydrogens is 256 g/mol. The van der Waals surface area contributed by atoms with E-state index in [1.54, 1.807) is 0 Å². The molecule has 0 aliphatic rings. The van der Waals surface area contributed by atoms with E-state index in [1.165, 1.54) is 10.9 Å². The lowest BCUT2D eigenvalue weighted by molar-refractivity contribution is 0.285. The number of hydrogen-bond acceptors (Lipinski definition) is 3. The molecule has 4 nitrogen and oxygen atoms in total. The van der Waals surface area contributed by atoms with Crippen LogP contribution >= 0.6 is 12.2 Å². The molecule has 0 unspecified atom stereocenters. The number of thiocarbonyl (C=S) groups is 1. The first-order valence-electron chi connectivity index (χ1n) is 6.53. The number of aryl methyl sites for hydroxylation is 1. The highest BCUT2D eigenvalue weighted by Crippen LogP contribution is 2.18. The molecule has 2 N–H and O–H groups in total. The zero-order valence-corrected chi connectivity index (χ0v) is 12.3. The van der Waals surface area contributed by atoms with Crippen LogP contribution in [0, 0.1) is 0 Å². The van der Waals surface area contributed by atoms with Gasteiger partial charge in [0.05, 0.1) is 16.2 Å². The number of hydrogen-bond donors (Lipinski definition) is 1. The van der Waals surface area contributed by atoms with E-state index in [0.29, 0.717) is 4.99 Å². The van der Waals surface area contributed by atoms with Crippen molar-refractivity contribution in [3.63, 3.8) is 0 Å². The van der Waals surface area contributed by atoms with Gasteiger partial charge in [-0.3, -0.25) is 9.58 Å². The summed E-state index contributed by atoms with van der Waals surface area (Å²) in [6.07, 6.45) is 0.758. The molecule has 0 aliphatic heterocycles. The Morgan fingerprint density at radius 3 is 2.84 bits per heavy atom. The van der Waals surface area contributed by atoms with Crippen LogP contribution in [-0.4, -0.2) is 32.8 Å². The maximum Gasteiger partial charge on any atom is 0.0843 e. The first-order chi connectivity index (χ1) is 9.11. The molecule has 0 radical (unpaired) electrons. The monoisotopic (exact) mass is 276 g/mol. The Bertz CT molecular complexity index is 576. The molecule has 1 aromatic carbocycles. The SMILES string of the molecule is CCN(CCC(N)=S)Cc1nn(C)c2ccccc12. The van der Waals surface area contributed by atoms with Gasteiger partial charge in [-0.1, -0.05) is 37.3 Å². The highest BCUT2D eigenvalue weighted by molar-refractivity contribution is 7.80. The van der Waals surface area contributed by atoms with Gasteiger partial charge in [-0.25, -0.2) is 0 Å². The predicted molar refractivity (Wildman–Crippen MR) is 83.1 cm³/mol.